The number of thiophene rings is 1. The van der Waals surface area contributed by atoms with Gasteiger partial charge in [0.25, 0.3) is 11.8 Å². The third-order valence-electron chi connectivity index (χ3n) is 10.8. The summed E-state index contributed by atoms with van der Waals surface area (Å²) < 4.78 is 5.57. The minimum atomic E-state index is -0.237. The van der Waals surface area contributed by atoms with Gasteiger partial charge >= 0.3 is 0 Å². The molecule has 3 aliphatic rings. The minimum Gasteiger partial charge on any atom is -0.381 e. The second-order valence-electron chi connectivity index (χ2n) is 14.4. The Labute approximate surface area is 313 Å². The maximum Gasteiger partial charge on any atom is 0.259 e. The van der Waals surface area contributed by atoms with Crippen LogP contribution in [0, 0.1) is 25.8 Å². The SMILES string of the molecule is [C-]#[N+]c1cccc(C)c1CC(=O)c1cc2c(s1)-c1ccccc1N(C(=O)c1ccc(NC(=O)c3cc(C)cnc3N3CC4(CCOCC4)C3)cc1)CC2. The van der Waals surface area contributed by atoms with Crippen molar-refractivity contribution >= 4 is 51.8 Å². The molecule has 5 heterocycles. The van der Waals surface area contributed by atoms with E-state index < -0.39 is 0 Å². The summed E-state index contributed by atoms with van der Waals surface area (Å²) in [5.74, 6) is 0.304. The molecule has 1 N–H and O–H groups in total. The van der Waals surface area contributed by atoms with E-state index in [0.717, 1.165) is 77.5 Å². The maximum absolute atomic E-state index is 14.1. The van der Waals surface area contributed by atoms with Crippen molar-refractivity contribution in [2.24, 2.45) is 5.41 Å². The quantitative estimate of drug-likeness (QED) is 0.134. The lowest BCUT2D eigenvalue weighted by Gasteiger charge is -2.53. The molecule has 9 nitrogen and oxygen atoms in total. The lowest BCUT2D eigenvalue weighted by Crippen LogP contribution is -2.59. The number of pyridine rings is 1. The highest BCUT2D eigenvalue weighted by Crippen LogP contribution is 2.44. The van der Waals surface area contributed by atoms with Crippen molar-refractivity contribution in [2.75, 3.05) is 48.0 Å². The number of fused-ring (bicyclic) bond motifs is 3. The standard InChI is InChI=1S/C43H39N5O4S/c1-27-21-34(40(45-24-27)47-25-43(26-47)16-19-52-20-17-43)41(50)46-31-13-11-29(12-14-31)42(51)48-18-15-30-22-38(53-39(30)32-8-4-5-10-36(32)48)37(49)23-33-28(2)7-6-9-35(33)44-3/h4-14,21-22,24H,15-20,23,25-26H2,1-2H3,(H,46,50). The van der Waals surface area contributed by atoms with E-state index >= 15 is 0 Å². The van der Waals surface area contributed by atoms with E-state index in [1.54, 1.807) is 41.4 Å². The number of anilines is 3. The van der Waals surface area contributed by atoms with Gasteiger partial charge in [-0.25, -0.2) is 9.83 Å². The zero-order valence-electron chi connectivity index (χ0n) is 29.8. The fourth-order valence-corrected chi connectivity index (χ4v) is 8.96. The molecule has 1 spiro atoms. The van der Waals surface area contributed by atoms with Gasteiger partial charge in [-0.3, -0.25) is 14.4 Å². The summed E-state index contributed by atoms with van der Waals surface area (Å²) in [6, 6.07) is 24.2. The highest BCUT2D eigenvalue weighted by molar-refractivity contribution is 7.17. The first-order chi connectivity index (χ1) is 25.7. The molecular weight excluding hydrogens is 683 g/mol. The molecule has 2 amide bonds. The molecule has 0 atom stereocenters. The number of aromatic nitrogens is 1. The van der Waals surface area contributed by atoms with Crippen LogP contribution in [0.2, 0.25) is 0 Å². The van der Waals surface area contributed by atoms with Gasteiger partial charge in [0.1, 0.15) is 5.82 Å². The molecule has 0 bridgehead atoms. The molecule has 10 heteroatoms. The van der Waals surface area contributed by atoms with Crippen LogP contribution in [0.15, 0.2) is 85.1 Å². The number of nitrogens with zero attached hydrogens (tertiary/aromatic N) is 4. The minimum absolute atomic E-state index is 0.0151. The van der Waals surface area contributed by atoms with Gasteiger partial charge in [-0.2, -0.15) is 0 Å². The number of nitrogens with one attached hydrogen (secondary N) is 1. The summed E-state index contributed by atoms with van der Waals surface area (Å²) in [6.45, 7) is 15.2. The van der Waals surface area contributed by atoms with Gasteiger partial charge < -0.3 is 19.9 Å². The summed E-state index contributed by atoms with van der Waals surface area (Å²) in [5.41, 5.74) is 7.73. The molecule has 0 saturated carbocycles. The Balaban J connectivity index is 0.978. The van der Waals surface area contributed by atoms with Crippen LogP contribution in [0.3, 0.4) is 0 Å². The average molecular weight is 722 g/mol. The number of hydrogen-bond acceptors (Lipinski definition) is 7. The normalized spacial score (nSPS) is 15.8. The molecular formula is C43H39N5O4S. The molecule has 0 aliphatic carbocycles. The van der Waals surface area contributed by atoms with Crippen LogP contribution in [0.4, 0.5) is 22.9 Å². The predicted molar refractivity (Wildman–Crippen MR) is 209 cm³/mol. The number of benzene rings is 3. The second kappa shape index (κ2) is 14.1. The van der Waals surface area contributed by atoms with E-state index in [-0.39, 0.29) is 29.4 Å². The van der Waals surface area contributed by atoms with Gasteiger partial charge in [-0.05, 0) is 92.3 Å². The van der Waals surface area contributed by atoms with Gasteiger partial charge in [-0.15, -0.1) is 11.3 Å². The monoisotopic (exact) mass is 721 g/mol. The number of carbonyl (C=O) groups is 3. The first kappa shape index (κ1) is 34.5. The van der Waals surface area contributed by atoms with Gasteiger partial charge in [0.15, 0.2) is 11.5 Å². The van der Waals surface area contributed by atoms with Gasteiger partial charge in [0.05, 0.1) is 22.7 Å². The van der Waals surface area contributed by atoms with Crippen molar-refractivity contribution < 1.29 is 19.1 Å². The van der Waals surface area contributed by atoms with Crippen molar-refractivity contribution in [2.45, 2.75) is 39.5 Å². The number of aryl methyl sites for hydroxylation is 2. The zero-order valence-corrected chi connectivity index (χ0v) is 30.6. The van der Waals surface area contributed by atoms with Crippen LogP contribution in [-0.4, -0.2) is 55.4 Å². The van der Waals surface area contributed by atoms with Gasteiger partial charge in [0.2, 0.25) is 0 Å². The number of ether oxygens (including phenoxy) is 1. The van der Waals surface area contributed by atoms with E-state index in [1.165, 1.54) is 11.3 Å². The summed E-state index contributed by atoms with van der Waals surface area (Å²) in [5, 5.41) is 3.03. The maximum atomic E-state index is 14.1. The molecule has 3 aliphatic heterocycles. The Morgan fingerprint density at radius 3 is 2.53 bits per heavy atom. The number of amides is 2. The third kappa shape index (κ3) is 6.63. The number of ketones is 1. The average Bonchev–Trinajstić information content (AvgIpc) is 3.53. The van der Waals surface area contributed by atoms with Crippen LogP contribution in [-0.2, 0) is 17.6 Å². The van der Waals surface area contributed by atoms with Crippen LogP contribution in [0.5, 0.6) is 0 Å². The Bertz CT molecular complexity index is 2290. The molecule has 2 aromatic heterocycles. The van der Waals surface area contributed by atoms with E-state index in [0.29, 0.717) is 46.2 Å². The van der Waals surface area contributed by atoms with Crippen LogP contribution in [0.25, 0.3) is 15.3 Å². The highest BCUT2D eigenvalue weighted by Gasteiger charge is 2.45. The first-order valence-electron chi connectivity index (χ1n) is 18.0. The summed E-state index contributed by atoms with van der Waals surface area (Å²) in [7, 11) is 0. The van der Waals surface area contributed by atoms with Crippen LogP contribution < -0.4 is 15.1 Å². The van der Waals surface area contributed by atoms with Crippen LogP contribution in [0.1, 0.15) is 65.5 Å². The Hall–Kier alpha value is -5.63. The smallest absolute Gasteiger partial charge is 0.259 e. The zero-order chi connectivity index (χ0) is 36.7. The Morgan fingerprint density at radius 1 is 0.981 bits per heavy atom. The summed E-state index contributed by atoms with van der Waals surface area (Å²) in [6.07, 6.45) is 4.63. The van der Waals surface area contributed by atoms with E-state index in [4.69, 9.17) is 11.3 Å². The summed E-state index contributed by atoms with van der Waals surface area (Å²) in [4.78, 5) is 55.2. The second-order valence-corrected chi connectivity index (χ2v) is 15.4. The first-order valence-corrected chi connectivity index (χ1v) is 18.8. The number of Topliss-reactive ketones (excluding diaryl/α,β-unsaturated/α-hetero) is 1. The summed E-state index contributed by atoms with van der Waals surface area (Å²) >= 11 is 1.45. The molecule has 0 radical (unpaired) electrons. The van der Waals surface area contributed by atoms with Crippen molar-refractivity contribution in [1.82, 2.24) is 4.98 Å². The van der Waals surface area contributed by atoms with E-state index in [1.807, 2.05) is 62.4 Å². The topological polar surface area (TPSA) is 96.2 Å². The number of carbonyl (C=O) groups excluding carboxylic acids is 3. The molecule has 266 valence electrons. The van der Waals surface area contributed by atoms with Crippen molar-refractivity contribution in [3.8, 4) is 10.4 Å². The fourth-order valence-electron chi connectivity index (χ4n) is 7.78. The molecule has 5 aromatic rings. The molecule has 2 fully saturated rings. The number of rotatable bonds is 7. The van der Waals surface area contributed by atoms with Crippen LogP contribution >= 0.6 is 11.3 Å². The molecule has 0 unspecified atom stereocenters. The predicted octanol–water partition coefficient (Wildman–Crippen LogP) is 8.48. The molecule has 3 aromatic carbocycles. The fraction of sp³-hybridized carbons (Fsp3) is 0.279. The van der Waals surface area contributed by atoms with Crippen molar-refractivity contribution in [3.63, 3.8) is 0 Å². The Kier molecular flexibility index (Phi) is 9.15. The molecule has 8 rings (SSSR count). The highest BCUT2D eigenvalue weighted by atomic mass is 32.1. The van der Waals surface area contributed by atoms with E-state index in [2.05, 4.69) is 20.0 Å². The third-order valence-corrected chi connectivity index (χ3v) is 12.0. The molecule has 2 saturated heterocycles. The van der Waals surface area contributed by atoms with Crippen molar-refractivity contribution in [1.29, 1.82) is 0 Å². The van der Waals surface area contributed by atoms with Gasteiger partial charge in [0, 0.05) is 72.6 Å². The lowest BCUT2D eigenvalue weighted by atomic mass is 9.73. The largest absolute Gasteiger partial charge is 0.381 e. The lowest BCUT2D eigenvalue weighted by molar-refractivity contribution is -0.000511. The molecule has 53 heavy (non-hydrogen) atoms. The number of para-hydroxylation sites is 1. The Morgan fingerprint density at radius 2 is 1.75 bits per heavy atom. The number of hydrogen-bond donors (Lipinski definition) is 1. The van der Waals surface area contributed by atoms with Gasteiger partial charge in [-0.1, -0.05) is 42.0 Å². The van der Waals surface area contributed by atoms with Crippen molar-refractivity contribution in [3.05, 3.63) is 135 Å². The van der Waals surface area contributed by atoms with E-state index in [9.17, 15) is 14.4 Å².